The van der Waals surface area contributed by atoms with E-state index in [1.807, 2.05) is 39.0 Å². The molecular formula is C24H29F3N4O2. The maximum atomic E-state index is 13.4. The molecule has 178 valence electrons. The van der Waals surface area contributed by atoms with Gasteiger partial charge in [-0.05, 0) is 56.7 Å². The Morgan fingerprint density at radius 2 is 1.67 bits per heavy atom. The fourth-order valence-corrected chi connectivity index (χ4v) is 3.74. The molecule has 0 aliphatic carbocycles. The van der Waals surface area contributed by atoms with Gasteiger partial charge in [-0.2, -0.15) is 13.2 Å². The third-order valence-corrected chi connectivity index (χ3v) is 5.32. The zero-order valence-electron chi connectivity index (χ0n) is 19.0. The third kappa shape index (κ3) is 6.47. The Kier molecular flexibility index (Phi) is 7.02. The number of anilines is 1. The zero-order valence-corrected chi connectivity index (χ0v) is 19.0. The number of amides is 2. The lowest BCUT2D eigenvalue weighted by atomic mass is 10.0. The lowest BCUT2D eigenvalue weighted by Crippen LogP contribution is -2.48. The molecule has 3 N–H and O–H groups in total. The lowest BCUT2D eigenvalue weighted by Gasteiger charge is -2.35. The second-order valence-electron chi connectivity index (χ2n) is 9.28. The monoisotopic (exact) mass is 462 g/mol. The molecule has 0 spiro atoms. The van der Waals surface area contributed by atoms with Crippen molar-refractivity contribution in [2.24, 2.45) is 0 Å². The first-order valence-electron chi connectivity index (χ1n) is 10.7. The fraction of sp³-hybridized carbons (Fsp3) is 0.417. The first-order chi connectivity index (χ1) is 15.3. The molecule has 1 aliphatic heterocycles. The molecule has 9 heteroatoms. The molecule has 0 unspecified atom stereocenters. The number of hydrogen-bond acceptors (Lipinski definition) is 4. The van der Waals surface area contributed by atoms with Crippen LogP contribution in [0.15, 0.2) is 42.5 Å². The van der Waals surface area contributed by atoms with Crippen molar-refractivity contribution in [1.29, 1.82) is 0 Å². The second kappa shape index (κ2) is 9.43. The molecule has 0 aromatic heterocycles. The summed E-state index contributed by atoms with van der Waals surface area (Å²) in [7, 11) is 0. The summed E-state index contributed by atoms with van der Waals surface area (Å²) < 4.78 is 40.1. The van der Waals surface area contributed by atoms with Crippen molar-refractivity contribution in [1.82, 2.24) is 15.1 Å². The minimum absolute atomic E-state index is 0.0397. The number of hydrogen-bond donors (Lipinski definition) is 2. The molecule has 1 aliphatic rings. The van der Waals surface area contributed by atoms with Crippen LogP contribution in [0, 0.1) is 0 Å². The zero-order chi connectivity index (χ0) is 24.4. The third-order valence-electron chi connectivity index (χ3n) is 5.32. The largest absolute Gasteiger partial charge is 0.417 e. The number of nitrogens with two attached hydrogens (primary N) is 1. The van der Waals surface area contributed by atoms with Gasteiger partial charge in [0.2, 0.25) is 0 Å². The van der Waals surface area contributed by atoms with Crippen LogP contribution >= 0.6 is 0 Å². The molecule has 2 amide bonds. The predicted octanol–water partition coefficient (Wildman–Crippen LogP) is 3.77. The van der Waals surface area contributed by atoms with Gasteiger partial charge in [0.05, 0.1) is 11.1 Å². The van der Waals surface area contributed by atoms with E-state index >= 15 is 0 Å². The van der Waals surface area contributed by atoms with E-state index in [1.54, 1.807) is 6.07 Å². The van der Waals surface area contributed by atoms with Crippen LogP contribution in [-0.2, 0) is 12.7 Å². The predicted molar refractivity (Wildman–Crippen MR) is 121 cm³/mol. The van der Waals surface area contributed by atoms with Gasteiger partial charge in [0, 0.05) is 49.5 Å². The quantitative estimate of drug-likeness (QED) is 0.678. The van der Waals surface area contributed by atoms with Gasteiger partial charge in [-0.1, -0.05) is 12.1 Å². The minimum Gasteiger partial charge on any atom is -0.399 e. The summed E-state index contributed by atoms with van der Waals surface area (Å²) in [6, 6.07) is 10.6. The van der Waals surface area contributed by atoms with Crippen molar-refractivity contribution in [2.45, 2.75) is 39.0 Å². The summed E-state index contributed by atoms with van der Waals surface area (Å²) in [6.07, 6.45) is -4.66. The van der Waals surface area contributed by atoms with Crippen LogP contribution in [0.2, 0.25) is 0 Å². The number of carbonyl (C=O) groups excluding carboxylic acids is 2. The van der Waals surface area contributed by atoms with E-state index in [-0.39, 0.29) is 22.7 Å². The van der Waals surface area contributed by atoms with Gasteiger partial charge in [-0.25, -0.2) is 0 Å². The standard InChI is InChI=1S/C24H29F3N4O2/c1-23(2,3)29-21(32)17-6-4-5-16(13-17)15-30-9-11-31(12-10-30)22(33)19-8-7-18(28)14-20(19)24(25,26)27/h4-8,13-14H,9-12,15,28H2,1-3H3,(H,29,32). The van der Waals surface area contributed by atoms with E-state index < -0.39 is 17.6 Å². The topological polar surface area (TPSA) is 78.7 Å². The van der Waals surface area contributed by atoms with Crippen LogP contribution in [0.4, 0.5) is 18.9 Å². The van der Waals surface area contributed by atoms with E-state index in [0.29, 0.717) is 38.3 Å². The first-order valence-corrected chi connectivity index (χ1v) is 10.7. The van der Waals surface area contributed by atoms with Crippen LogP contribution in [0.3, 0.4) is 0 Å². The van der Waals surface area contributed by atoms with Crippen molar-refractivity contribution in [2.75, 3.05) is 31.9 Å². The number of nitrogen functional groups attached to an aromatic ring is 1. The van der Waals surface area contributed by atoms with Gasteiger partial charge >= 0.3 is 6.18 Å². The summed E-state index contributed by atoms with van der Waals surface area (Å²) in [5.41, 5.74) is 5.24. The van der Waals surface area contributed by atoms with Gasteiger partial charge in [0.15, 0.2) is 0 Å². The molecule has 0 atom stereocenters. The van der Waals surface area contributed by atoms with Gasteiger partial charge in [0.1, 0.15) is 0 Å². The average molecular weight is 463 g/mol. The summed E-state index contributed by atoms with van der Waals surface area (Å²) >= 11 is 0. The SMILES string of the molecule is CC(C)(C)NC(=O)c1cccc(CN2CCN(C(=O)c3ccc(N)cc3C(F)(F)F)CC2)c1. The first kappa shape index (κ1) is 24.6. The number of benzene rings is 2. The van der Waals surface area contributed by atoms with Crippen LogP contribution in [0.5, 0.6) is 0 Å². The summed E-state index contributed by atoms with van der Waals surface area (Å²) in [5.74, 6) is -0.799. The molecular weight excluding hydrogens is 433 g/mol. The highest BCUT2D eigenvalue weighted by atomic mass is 19.4. The number of rotatable bonds is 4. The highest BCUT2D eigenvalue weighted by Crippen LogP contribution is 2.34. The van der Waals surface area contributed by atoms with Crippen LogP contribution < -0.4 is 11.1 Å². The Labute approximate surface area is 191 Å². The van der Waals surface area contributed by atoms with Gasteiger partial charge in [-0.15, -0.1) is 0 Å². The van der Waals surface area contributed by atoms with Crippen molar-refractivity contribution >= 4 is 17.5 Å². The molecule has 0 bridgehead atoms. The molecule has 1 heterocycles. The average Bonchev–Trinajstić information content (AvgIpc) is 2.72. The number of alkyl halides is 3. The number of nitrogens with one attached hydrogen (secondary N) is 1. The van der Waals surface area contributed by atoms with E-state index in [9.17, 15) is 22.8 Å². The molecule has 2 aromatic rings. The Morgan fingerprint density at radius 1 is 1.00 bits per heavy atom. The number of halogens is 3. The smallest absolute Gasteiger partial charge is 0.399 e. The highest BCUT2D eigenvalue weighted by Gasteiger charge is 2.37. The van der Waals surface area contributed by atoms with Crippen LogP contribution in [0.25, 0.3) is 0 Å². The number of carbonyl (C=O) groups is 2. The van der Waals surface area contributed by atoms with Gasteiger partial charge in [0.25, 0.3) is 11.8 Å². The Morgan fingerprint density at radius 3 is 2.27 bits per heavy atom. The summed E-state index contributed by atoms with van der Waals surface area (Å²) in [4.78, 5) is 28.8. The molecule has 6 nitrogen and oxygen atoms in total. The molecule has 3 rings (SSSR count). The Hall–Kier alpha value is -3.07. The molecule has 0 saturated carbocycles. The molecule has 1 saturated heterocycles. The van der Waals surface area contributed by atoms with E-state index in [0.717, 1.165) is 17.7 Å². The van der Waals surface area contributed by atoms with Crippen molar-refractivity contribution < 1.29 is 22.8 Å². The van der Waals surface area contributed by atoms with Crippen molar-refractivity contribution in [3.05, 3.63) is 64.7 Å². The normalized spacial score (nSPS) is 15.4. The summed E-state index contributed by atoms with van der Waals surface area (Å²) in [5, 5.41) is 2.93. The van der Waals surface area contributed by atoms with Crippen LogP contribution in [0.1, 0.15) is 52.6 Å². The Balaban J connectivity index is 1.63. The summed E-state index contributed by atoms with van der Waals surface area (Å²) in [6.45, 7) is 7.97. The molecule has 1 fully saturated rings. The van der Waals surface area contributed by atoms with Gasteiger partial charge in [-0.3, -0.25) is 14.5 Å². The minimum atomic E-state index is -4.66. The van der Waals surface area contributed by atoms with E-state index in [2.05, 4.69) is 10.2 Å². The fourth-order valence-electron chi connectivity index (χ4n) is 3.74. The van der Waals surface area contributed by atoms with Crippen molar-refractivity contribution in [3.8, 4) is 0 Å². The molecule has 33 heavy (non-hydrogen) atoms. The van der Waals surface area contributed by atoms with Crippen LogP contribution in [-0.4, -0.2) is 53.3 Å². The maximum Gasteiger partial charge on any atom is 0.417 e. The highest BCUT2D eigenvalue weighted by molar-refractivity contribution is 5.96. The Bertz CT molecular complexity index is 1020. The van der Waals surface area contributed by atoms with Crippen molar-refractivity contribution in [3.63, 3.8) is 0 Å². The molecule has 0 radical (unpaired) electrons. The van der Waals surface area contributed by atoms with E-state index in [4.69, 9.17) is 5.73 Å². The van der Waals surface area contributed by atoms with E-state index in [1.165, 1.54) is 11.0 Å². The maximum absolute atomic E-state index is 13.4. The van der Waals surface area contributed by atoms with Gasteiger partial charge < -0.3 is 16.0 Å². The number of piperazine rings is 1. The molecule has 2 aromatic carbocycles. The number of nitrogens with zero attached hydrogens (tertiary/aromatic N) is 2. The second-order valence-corrected chi connectivity index (χ2v) is 9.28. The lowest BCUT2D eigenvalue weighted by molar-refractivity contribution is -0.138.